The van der Waals surface area contributed by atoms with E-state index in [0.717, 1.165) is 60.4 Å². The lowest BCUT2D eigenvalue weighted by atomic mass is 9.89. The third kappa shape index (κ3) is 7.30. The Morgan fingerprint density at radius 2 is 1.36 bits per heavy atom. The van der Waals surface area contributed by atoms with E-state index in [-0.39, 0.29) is 22.6 Å². The van der Waals surface area contributed by atoms with Gasteiger partial charge in [0, 0.05) is 22.6 Å². The maximum Gasteiger partial charge on any atom is 0.416 e. The van der Waals surface area contributed by atoms with Crippen molar-refractivity contribution in [2.45, 2.75) is 50.9 Å². The summed E-state index contributed by atoms with van der Waals surface area (Å²) < 4.78 is 79.9. The first kappa shape index (κ1) is 30.8. The van der Waals surface area contributed by atoms with Crippen molar-refractivity contribution in [1.82, 2.24) is 0 Å². The highest BCUT2D eigenvalue weighted by molar-refractivity contribution is 6.05. The average molecular weight is 611 g/mol. The predicted molar refractivity (Wildman–Crippen MR) is 156 cm³/mol. The van der Waals surface area contributed by atoms with E-state index in [1.54, 1.807) is 12.1 Å². The van der Waals surface area contributed by atoms with Crippen LogP contribution in [0.2, 0.25) is 0 Å². The number of anilines is 3. The number of nitrogens with zero attached hydrogens (tertiary/aromatic N) is 1. The Kier molecular flexibility index (Phi) is 8.80. The van der Waals surface area contributed by atoms with Crippen LogP contribution in [0.3, 0.4) is 0 Å². The second-order valence-corrected chi connectivity index (χ2v) is 10.8. The van der Waals surface area contributed by atoms with Gasteiger partial charge in [-0.1, -0.05) is 30.3 Å². The van der Waals surface area contributed by atoms with Crippen molar-refractivity contribution in [2.75, 3.05) is 10.2 Å². The second kappa shape index (κ2) is 12.6. The first-order valence-electron chi connectivity index (χ1n) is 14.1. The maximum atomic E-state index is 13.4. The molecule has 0 atom stereocenters. The van der Waals surface area contributed by atoms with Crippen molar-refractivity contribution in [3.63, 3.8) is 0 Å². The molecule has 0 radical (unpaired) electrons. The molecule has 0 saturated heterocycles. The Balaban J connectivity index is 1.48. The van der Waals surface area contributed by atoms with Crippen molar-refractivity contribution in [1.29, 1.82) is 0 Å². The van der Waals surface area contributed by atoms with Gasteiger partial charge in [0.25, 0.3) is 5.91 Å². The van der Waals surface area contributed by atoms with E-state index in [1.165, 1.54) is 41.5 Å². The average Bonchev–Trinajstić information content (AvgIpc) is 3.00. The first-order valence-corrected chi connectivity index (χ1v) is 14.1. The molecule has 0 bridgehead atoms. The Morgan fingerprint density at radius 3 is 2.07 bits per heavy atom. The summed E-state index contributed by atoms with van der Waals surface area (Å²) in [5, 5.41) is 2.46. The summed E-state index contributed by atoms with van der Waals surface area (Å²) >= 11 is 0. The summed E-state index contributed by atoms with van der Waals surface area (Å²) in [5.41, 5.74) is 2.46. The SMILES string of the molecule is O=CN(c1cc(CCc2ccc3c(c2)CCCC3)cc(C(=O)Nc2cccc(C(F)(F)F)c2)c1)c1cccc(C(F)(F)F)c1. The van der Waals surface area contributed by atoms with Crippen LogP contribution in [0.4, 0.5) is 43.4 Å². The van der Waals surface area contributed by atoms with Gasteiger partial charge in [0.1, 0.15) is 0 Å². The van der Waals surface area contributed by atoms with Gasteiger partial charge < -0.3 is 5.32 Å². The van der Waals surface area contributed by atoms with Crippen LogP contribution in [0, 0.1) is 0 Å². The molecule has 10 heteroatoms. The van der Waals surface area contributed by atoms with Crippen LogP contribution in [-0.4, -0.2) is 12.3 Å². The smallest absolute Gasteiger partial charge is 0.322 e. The van der Waals surface area contributed by atoms with Gasteiger partial charge >= 0.3 is 12.4 Å². The van der Waals surface area contributed by atoms with E-state index in [0.29, 0.717) is 24.8 Å². The molecule has 1 aliphatic carbocycles. The van der Waals surface area contributed by atoms with Gasteiger partial charge in [0.15, 0.2) is 0 Å². The van der Waals surface area contributed by atoms with Gasteiger partial charge in [-0.3, -0.25) is 14.5 Å². The molecule has 1 aliphatic rings. The third-order valence-electron chi connectivity index (χ3n) is 7.64. The number of hydrogen-bond acceptors (Lipinski definition) is 2. The minimum absolute atomic E-state index is 0.0270. The zero-order valence-electron chi connectivity index (χ0n) is 23.4. The molecule has 228 valence electrons. The van der Waals surface area contributed by atoms with Crippen molar-refractivity contribution in [2.24, 2.45) is 0 Å². The van der Waals surface area contributed by atoms with Crippen LogP contribution >= 0.6 is 0 Å². The monoisotopic (exact) mass is 610 g/mol. The van der Waals surface area contributed by atoms with Gasteiger partial charge in [-0.05, 0) is 115 Å². The standard InChI is InChI=1S/C34H28F6N2O2/c35-33(36,37)27-7-3-9-29(19-27)41-32(44)26-16-23(12-11-22-13-14-24-5-1-2-6-25(24)15-22)17-31(18-26)42(21-43)30-10-4-8-28(20-30)34(38,39)40/h3-4,7-10,13-21H,1-2,5-6,11-12H2,(H,41,44). The molecule has 4 nitrogen and oxygen atoms in total. The number of nitrogens with one attached hydrogen (secondary N) is 1. The molecule has 4 aromatic rings. The minimum atomic E-state index is -4.64. The lowest BCUT2D eigenvalue weighted by Gasteiger charge is -2.21. The predicted octanol–water partition coefficient (Wildman–Crippen LogP) is 8.94. The molecule has 0 heterocycles. The van der Waals surface area contributed by atoms with Crippen LogP contribution in [0.25, 0.3) is 0 Å². The molecule has 44 heavy (non-hydrogen) atoms. The summed E-state index contributed by atoms with van der Waals surface area (Å²) in [6.07, 6.45) is -3.54. The minimum Gasteiger partial charge on any atom is -0.322 e. The molecule has 0 unspecified atom stereocenters. The van der Waals surface area contributed by atoms with Crippen LogP contribution in [0.5, 0.6) is 0 Å². The molecule has 2 amide bonds. The van der Waals surface area contributed by atoms with E-state index >= 15 is 0 Å². The van der Waals surface area contributed by atoms with Crippen LogP contribution in [0.15, 0.2) is 84.9 Å². The molecule has 5 rings (SSSR count). The molecule has 0 fully saturated rings. The van der Waals surface area contributed by atoms with E-state index in [9.17, 15) is 35.9 Å². The summed E-state index contributed by atoms with van der Waals surface area (Å²) in [6.45, 7) is 0. The van der Waals surface area contributed by atoms with Crippen LogP contribution < -0.4 is 10.2 Å². The second-order valence-electron chi connectivity index (χ2n) is 10.8. The molecule has 4 aromatic carbocycles. The van der Waals surface area contributed by atoms with Crippen molar-refractivity contribution >= 4 is 29.4 Å². The fraction of sp³-hybridized carbons (Fsp3) is 0.235. The van der Waals surface area contributed by atoms with Crippen molar-refractivity contribution < 1.29 is 35.9 Å². The summed E-state index contributed by atoms with van der Waals surface area (Å²) in [6, 6.07) is 19.2. The van der Waals surface area contributed by atoms with Gasteiger partial charge in [-0.15, -0.1) is 0 Å². The Labute approximate surface area is 250 Å². The fourth-order valence-electron chi connectivity index (χ4n) is 5.40. The van der Waals surface area contributed by atoms with Crippen molar-refractivity contribution in [3.05, 3.63) is 124 Å². The van der Waals surface area contributed by atoms with Gasteiger partial charge in [-0.25, -0.2) is 0 Å². The molecule has 0 saturated carbocycles. The largest absolute Gasteiger partial charge is 0.416 e. The molecule has 0 aliphatic heterocycles. The number of aryl methyl sites for hydroxylation is 4. The Hall–Kier alpha value is -4.60. The summed E-state index contributed by atoms with van der Waals surface area (Å²) in [5.74, 6) is -0.740. The number of rotatable bonds is 8. The zero-order chi connectivity index (χ0) is 31.5. The van der Waals surface area contributed by atoms with E-state index < -0.39 is 29.4 Å². The Morgan fingerprint density at radius 1 is 0.705 bits per heavy atom. The number of carbonyl (C=O) groups excluding carboxylic acids is 2. The van der Waals surface area contributed by atoms with Gasteiger partial charge in [0.05, 0.1) is 11.1 Å². The fourth-order valence-corrected chi connectivity index (χ4v) is 5.40. The number of carbonyl (C=O) groups is 2. The quantitative estimate of drug-likeness (QED) is 0.160. The van der Waals surface area contributed by atoms with Crippen LogP contribution in [0.1, 0.15) is 56.6 Å². The highest BCUT2D eigenvalue weighted by Crippen LogP contribution is 2.35. The topological polar surface area (TPSA) is 49.4 Å². The number of fused-ring (bicyclic) bond motifs is 1. The normalized spacial score (nSPS) is 13.2. The zero-order valence-corrected chi connectivity index (χ0v) is 23.4. The Bertz CT molecular complexity index is 1680. The highest BCUT2D eigenvalue weighted by Gasteiger charge is 2.32. The van der Waals surface area contributed by atoms with E-state index in [1.807, 2.05) is 0 Å². The summed E-state index contributed by atoms with van der Waals surface area (Å²) in [7, 11) is 0. The maximum absolute atomic E-state index is 13.4. The molecular formula is C34H28F6N2O2. The number of hydrogen-bond donors (Lipinski definition) is 1. The molecule has 0 spiro atoms. The summed E-state index contributed by atoms with van der Waals surface area (Å²) in [4.78, 5) is 26.5. The molecule has 0 aromatic heterocycles. The van der Waals surface area contributed by atoms with Gasteiger partial charge in [0.2, 0.25) is 6.41 Å². The number of alkyl halides is 6. The van der Waals surface area contributed by atoms with E-state index in [2.05, 4.69) is 23.5 Å². The van der Waals surface area contributed by atoms with Crippen molar-refractivity contribution in [3.8, 4) is 0 Å². The lowest BCUT2D eigenvalue weighted by molar-refractivity contribution is -0.138. The first-order chi connectivity index (χ1) is 20.9. The van der Waals surface area contributed by atoms with Crippen LogP contribution in [-0.2, 0) is 42.8 Å². The highest BCUT2D eigenvalue weighted by atomic mass is 19.4. The third-order valence-corrected chi connectivity index (χ3v) is 7.64. The number of halogens is 6. The molecule has 1 N–H and O–H groups in total. The van der Waals surface area contributed by atoms with E-state index in [4.69, 9.17) is 0 Å². The molecular weight excluding hydrogens is 582 g/mol. The van der Waals surface area contributed by atoms with Gasteiger partial charge in [-0.2, -0.15) is 26.3 Å². The lowest BCUT2D eigenvalue weighted by Crippen LogP contribution is -2.18. The number of benzene rings is 4. The number of amides is 2.